The fourth-order valence-electron chi connectivity index (χ4n) is 2.03. The third-order valence-corrected chi connectivity index (χ3v) is 3.00. The maximum absolute atomic E-state index is 5.68. The molecule has 2 rings (SSSR count). The first-order valence-electron chi connectivity index (χ1n) is 6.25. The van der Waals surface area contributed by atoms with Crippen molar-refractivity contribution in [3.05, 3.63) is 30.1 Å². The van der Waals surface area contributed by atoms with Crippen LogP contribution in [-0.4, -0.2) is 55.8 Å². The average Bonchev–Trinajstić information content (AvgIpc) is 2.39. The van der Waals surface area contributed by atoms with E-state index < -0.39 is 0 Å². The van der Waals surface area contributed by atoms with E-state index in [0.717, 1.165) is 44.9 Å². The van der Waals surface area contributed by atoms with Crippen molar-refractivity contribution in [3.63, 3.8) is 0 Å². The lowest BCUT2D eigenvalue weighted by atomic mass is 10.2. The second-order valence-corrected chi connectivity index (χ2v) is 4.53. The summed E-state index contributed by atoms with van der Waals surface area (Å²) in [5.74, 6) is 0. The zero-order valence-corrected chi connectivity index (χ0v) is 10.4. The molecule has 0 bridgehead atoms. The third kappa shape index (κ3) is 4.42. The first-order chi connectivity index (χ1) is 8.34. The summed E-state index contributed by atoms with van der Waals surface area (Å²) in [5.41, 5.74) is 1.15. The Kier molecular flexibility index (Phi) is 4.91. The summed E-state index contributed by atoms with van der Waals surface area (Å²) in [6.45, 7) is 4.79. The van der Waals surface area contributed by atoms with Crippen LogP contribution < -0.4 is 5.32 Å². The predicted molar refractivity (Wildman–Crippen MR) is 68.0 cm³/mol. The molecule has 17 heavy (non-hydrogen) atoms. The molecule has 2 heterocycles. The van der Waals surface area contributed by atoms with Crippen molar-refractivity contribution in [3.8, 4) is 0 Å². The van der Waals surface area contributed by atoms with Gasteiger partial charge in [-0.25, -0.2) is 0 Å². The molecule has 1 saturated heterocycles. The molecule has 0 spiro atoms. The molecule has 0 amide bonds. The van der Waals surface area contributed by atoms with E-state index in [1.165, 1.54) is 0 Å². The van der Waals surface area contributed by atoms with Crippen molar-refractivity contribution in [1.82, 2.24) is 15.2 Å². The standard InChI is InChI=1S/C13H21N3O/c1-16(11-13-10-14-7-9-17-13)8-5-12-4-2-3-6-15-12/h2-4,6,13-14H,5,7-11H2,1H3. The van der Waals surface area contributed by atoms with Gasteiger partial charge in [-0.3, -0.25) is 4.98 Å². The van der Waals surface area contributed by atoms with Crippen LogP contribution in [0, 0.1) is 0 Å². The quantitative estimate of drug-likeness (QED) is 0.808. The van der Waals surface area contributed by atoms with Crippen molar-refractivity contribution in [2.75, 3.05) is 39.8 Å². The molecule has 1 aliphatic rings. The number of aromatic nitrogens is 1. The van der Waals surface area contributed by atoms with Gasteiger partial charge in [0.15, 0.2) is 0 Å². The summed E-state index contributed by atoms with van der Waals surface area (Å²) in [4.78, 5) is 6.64. The Hall–Kier alpha value is -0.970. The van der Waals surface area contributed by atoms with Gasteiger partial charge < -0.3 is 15.0 Å². The maximum atomic E-state index is 5.68. The van der Waals surface area contributed by atoms with Gasteiger partial charge in [-0.15, -0.1) is 0 Å². The second kappa shape index (κ2) is 6.69. The van der Waals surface area contributed by atoms with Crippen LogP contribution in [-0.2, 0) is 11.2 Å². The zero-order valence-electron chi connectivity index (χ0n) is 10.4. The van der Waals surface area contributed by atoms with Crippen molar-refractivity contribution in [2.24, 2.45) is 0 Å². The van der Waals surface area contributed by atoms with Crippen LogP contribution in [0.3, 0.4) is 0 Å². The van der Waals surface area contributed by atoms with Crippen LogP contribution in [0.25, 0.3) is 0 Å². The lowest BCUT2D eigenvalue weighted by Crippen LogP contribution is -2.44. The lowest BCUT2D eigenvalue weighted by molar-refractivity contribution is 0.0102. The van der Waals surface area contributed by atoms with E-state index >= 15 is 0 Å². The van der Waals surface area contributed by atoms with E-state index in [4.69, 9.17) is 4.74 Å². The monoisotopic (exact) mass is 235 g/mol. The summed E-state index contributed by atoms with van der Waals surface area (Å²) < 4.78 is 5.68. The molecular weight excluding hydrogens is 214 g/mol. The topological polar surface area (TPSA) is 37.4 Å². The molecule has 4 nitrogen and oxygen atoms in total. The molecule has 0 aliphatic carbocycles. The summed E-state index contributed by atoms with van der Waals surface area (Å²) >= 11 is 0. The van der Waals surface area contributed by atoms with Gasteiger partial charge in [0.25, 0.3) is 0 Å². The number of nitrogens with one attached hydrogen (secondary N) is 1. The molecule has 1 atom stereocenters. The van der Waals surface area contributed by atoms with Gasteiger partial charge in [-0.1, -0.05) is 6.07 Å². The van der Waals surface area contributed by atoms with Gasteiger partial charge in [-0.05, 0) is 19.2 Å². The predicted octanol–water partition coefficient (Wildman–Crippen LogP) is 0.544. The normalized spacial score (nSPS) is 20.7. The molecule has 1 fully saturated rings. The van der Waals surface area contributed by atoms with Crippen molar-refractivity contribution in [1.29, 1.82) is 0 Å². The van der Waals surface area contributed by atoms with Gasteiger partial charge >= 0.3 is 0 Å². The van der Waals surface area contributed by atoms with E-state index in [1.54, 1.807) is 0 Å². The highest BCUT2D eigenvalue weighted by atomic mass is 16.5. The minimum atomic E-state index is 0.331. The minimum absolute atomic E-state index is 0.331. The van der Waals surface area contributed by atoms with E-state index in [9.17, 15) is 0 Å². The molecule has 0 radical (unpaired) electrons. The fourth-order valence-corrected chi connectivity index (χ4v) is 2.03. The van der Waals surface area contributed by atoms with Crippen molar-refractivity contribution < 1.29 is 4.74 Å². The van der Waals surface area contributed by atoms with Crippen LogP contribution in [0.4, 0.5) is 0 Å². The highest BCUT2D eigenvalue weighted by molar-refractivity contribution is 5.03. The van der Waals surface area contributed by atoms with Crippen LogP contribution in [0.2, 0.25) is 0 Å². The van der Waals surface area contributed by atoms with Gasteiger partial charge in [0.2, 0.25) is 0 Å². The molecule has 0 saturated carbocycles. The molecule has 1 aliphatic heterocycles. The zero-order chi connectivity index (χ0) is 11.9. The lowest BCUT2D eigenvalue weighted by Gasteiger charge is -2.27. The number of nitrogens with zero attached hydrogens (tertiary/aromatic N) is 2. The van der Waals surface area contributed by atoms with E-state index in [-0.39, 0.29) is 0 Å². The Bertz CT molecular complexity index is 312. The summed E-state index contributed by atoms with van der Waals surface area (Å²) in [6, 6.07) is 6.07. The molecule has 94 valence electrons. The molecular formula is C13H21N3O. The molecule has 0 aromatic carbocycles. The van der Waals surface area contributed by atoms with Crippen LogP contribution in [0.15, 0.2) is 24.4 Å². The van der Waals surface area contributed by atoms with E-state index in [1.807, 2.05) is 18.3 Å². The Balaban J connectivity index is 1.68. The SMILES string of the molecule is CN(CCc1ccccn1)CC1CNCCO1. The van der Waals surface area contributed by atoms with Crippen molar-refractivity contribution >= 4 is 0 Å². The number of hydrogen-bond acceptors (Lipinski definition) is 4. The summed E-state index contributed by atoms with van der Waals surface area (Å²) in [5, 5.41) is 3.35. The van der Waals surface area contributed by atoms with Crippen LogP contribution in [0.5, 0.6) is 0 Å². The minimum Gasteiger partial charge on any atom is -0.374 e. The van der Waals surface area contributed by atoms with Gasteiger partial charge in [0.1, 0.15) is 0 Å². The van der Waals surface area contributed by atoms with Crippen LogP contribution >= 0.6 is 0 Å². The summed E-state index contributed by atoms with van der Waals surface area (Å²) in [7, 11) is 2.14. The van der Waals surface area contributed by atoms with E-state index in [2.05, 4.69) is 28.3 Å². The van der Waals surface area contributed by atoms with Crippen molar-refractivity contribution in [2.45, 2.75) is 12.5 Å². The molecule has 4 heteroatoms. The third-order valence-electron chi connectivity index (χ3n) is 3.00. The number of likely N-dealkylation sites (N-methyl/N-ethyl adjacent to an activating group) is 1. The highest BCUT2D eigenvalue weighted by Gasteiger charge is 2.15. The number of rotatable bonds is 5. The Morgan fingerprint density at radius 1 is 1.53 bits per heavy atom. The number of hydrogen-bond donors (Lipinski definition) is 1. The van der Waals surface area contributed by atoms with Gasteiger partial charge in [-0.2, -0.15) is 0 Å². The highest BCUT2D eigenvalue weighted by Crippen LogP contribution is 2.01. The van der Waals surface area contributed by atoms with E-state index in [0.29, 0.717) is 6.10 Å². The number of morpholine rings is 1. The molecule has 1 aromatic rings. The first-order valence-corrected chi connectivity index (χ1v) is 6.25. The van der Waals surface area contributed by atoms with Gasteiger partial charge in [0.05, 0.1) is 12.7 Å². The number of pyridine rings is 1. The largest absolute Gasteiger partial charge is 0.374 e. The average molecular weight is 235 g/mol. The molecule has 1 unspecified atom stereocenters. The molecule has 1 aromatic heterocycles. The van der Waals surface area contributed by atoms with Gasteiger partial charge in [0, 0.05) is 44.5 Å². The van der Waals surface area contributed by atoms with Crippen LogP contribution in [0.1, 0.15) is 5.69 Å². The Morgan fingerprint density at radius 2 is 2.47 bits per heavy atom. The smallest absolute Gasteiger partial charge is 0.0826 e. The second-order valence-electron chi connectivity index (χ2n) is 4.53. The number of ether oxygens (including phenoxy) is 1. The summed E-state index contributed by atoms with van der Waals surface area (Å²) in [6.07, 6.45) is 3.18. The fraction of sp³-hybridized carbons (Fsp3) is 0.615. The Morgan fingerprint density at radius 3 is 3.18 bits per heavy atom. The molecule has 1 N–H and O–H groups in total. The maximum Gasteiger partial charge on any atom is 0.0826 e. The first kappa shape index (κ1) is 12.5. The Labute approximate surface area is 103 Å².